The predicted octanol–water partition coefficient (Wildman–Crippen LogP) is 2.63. The zero-order chi connectivity index (χ0) is 19.2. The van der Waals surface area contributed by atoms with Crippen molar-refractivity contribution in [3.8, 4) is 0 Å². The van der Waals surface area contributed by atoms with E-state index in [1.807, 2.05) is 30.3 Å². The van der Waals surface area contributed by atoms with E-state index in [2.05, 4.69) is 0 Å². The average Bonchev–Trinajstić information content (AvgIpc) is 3.12. The van der Waals surface area contributed by atoms with Crippen molar-refractivity contribution in [2.75, 3.05) is 25.1 Å². The van der Waals surface area contributed by atoms with Gasteiger partial charge in [-0.1, -0.05) is 30.3 Å². The molecule has 6 nitrogen and oxygen atoms in total. The van der Waals surface area contributed by atoms with Crippen LogP contribution in [0.2, 0.25) is 0 Å². The Morgan fingerprint density at radius 2 is 1.78 bits per heavy atom. The van der Waals surface area contributed by atoms with E-state index in [0.717, 1.165) is 17.7 Å². The number of nitrogens with zero attached hydrogens (tertiary/aromatic N) is 2. The molecule has 27 heavy (non-hydrogen) atoms. The van der Waals surface area contributed by atoms with Gasteiger partial charge < -0.3 is 14.5 Å². The van der Waals surface area contributed by atoms with E-state index in [0.29, 0.717) is 25.1 Å². The molecule has 0 aliphatic carbocycles. The minimum Gasteiger partial charge on any atom is -0.452 e. The van der Waals surface area contributed by atoms with E-state index in [-0.39, 0.29) is 18.4 Å². The first-order valence-corrected chi connectivity index (χ1v) is 8.90. The number of likely N-dealkylation sites (N-methyl/N-ethyl adjacent to an activating group) is 1. The van der Waals surface area contributed by atoms with E-state index in [9.17, 15) is 14.4 Å². The molecule has 3 rings (SSSR count). The van der Waals surface area contributed by atoms with Gasteiger partial charge >= 0.3 is 5.97 Å². The van der Waals surface area contributed by atoms with Gasteiger partial charge in [-0.05, 0) is 36.2 Å². The van der Waals surface area contributed by atoms with Gasteiger partial charge in [-0.15, -0.1) is 0 Å². The lowest BCUT2D eigenvalue weighted by atomic mass is 10.2. The number of amides is 2. The van der Waals surface area contributed by atoms with Gasteiger partial charge in [-0.25, -0.2) is 4.79 Å². The second kappa shape index (κ2) is 8.49. The second-order valence-corrected chi connectivity index (χ2v) is 6.51. The molecule has 140 valence electrons. The van der Waals surface area contributed by atoms with E-state index >= 15 is 0 Å². The fourth-order valence-corrected chi connectivity index (χ4v) is 2.96. The lowest BCUT2D eigenvalue weighted by Gasteiger charge is -2.17. The topological polar surface area (TPSA) is 66.9 Å². The van der Waals surface area contributed by atoms with Crippen LogP contribution in [0.3, 0.4) is 0 Å². The number of ether oxygens (including phenoxy) is 1. The molecule has 0 bridgehead atoms. The van der Waals surface area contributed by atoms with Crippen LogP contribution >= 0.6 is 0 Å². The van der Waals surface area contributed by atoms with Crippen LogP contribution < -0.4 is 4.90 Å². The highest BCUT2D eigenvalue weighted by atomic mass is 16.5. The van der Waals surface area contributed by atoms with E-state index < -0.39 is 5.97 Å². The van der Waals surface area contributed by atoms with Crippen LogP contribution in [0, 0.1) is 0 Å². The van der Waals surface area contributed by atoms with Gasteiger partial charge in [0.2, 0.25) is 5.91 Å². The molecule has 1 aliphatic heterocycles. The monoisotopic (exact) mass is 366 g/mol. The quantitative estimate of drug-likeness (QED) is 0.737. The predicted molar refractivity (Wildman–Crippen MR) is 101 cm³/mol. The number of esters is 1. The molecule has 2 aromatic carbocycles. The third-order valence-corrected chi connectivity index (χ3v) is 4.50. The normalized spacial score (nSPS) is 13.5. The van der Waals surface area contributed by atoms with E-state index in [1.165, 1.54) is 4.90 Å². The number of rotatable bonds is 6. The van der Waals surface area contributed by atoms with Crippen molar-refractivity contribution >= 4 is 23.5 Å². The highest BCUT2D eigenvalue weighted by molar-refractivity contribution is 5.96. The van der Waals surface area contributed by atoms with Crippen LogP contribution in [0.1, 0.15) is 28.8 Å². The van der Waals surface area contributed by atoms with Gasteiger partial charge in [0.05, 0.1) is 5.56 Å². The number of carbonyl (C=O) groups excluding carboxylic acids is 3. The Labute approximate surface area is 158 Å². The van der Waals surface area contributed by atoms with Crippen LogP contribution in [0.5, 0.6) is 0 Å². The third-order valence-electron chi connectivity index (χ3n) is 4.50. The Hall–Kier alpha value is -3.15. The lowest BCUT2D eigenvalue weighted by Crippen LogP contribution is -2.30. The SMILES string of the molecule is CN(Cc1ccccc1)C(=O)COC(=O)c1ccc(N2CCCC2=O)cc1. The van der Waals surface area contributed by atoms with Crippen LogP contribution in [0.4, 0.5) is 5.69 Å². The maximum absolute atomic E-state index is 12.2. The van der Waals surface area contributed by atoms with Gasteiger partial charge in [0.15, 0.2) is 6.61 Å². The van der Waals surface area contributed by atoms with Crippen LogP contribution in [0.25, 0.3) is 0 Å². The maximum atomic E-state index is 12.2. The Kier molecular flexibility index (Phi) is 5.86. The molecule has 1 fully saturated rings. The third kappa shape index (κ3) is 4.73. The number of hydrogen-bond donors (Lipinski definition) is 0. The van der Waals surface area contributed by atoms with E-state index in [1.54, 1.807) is 36.2 Å². The Bertz CT molecular complexity index is 818. The molecule has 0 spiro atoms. The molecule has 6 heteroatoms. The molecule has 1 aliphatic rings. The first-order valence-electron chi connectivity index (χ1n) is 8.90. The lowest BCUT2D eigenvalue weighted by molar-refractivity contribution is -0.133. The average molecular weight is 366 g/mol. The van der Waals surface area contributed by atoms with Crippen molar-refractivity contribution in [1.82, 2.24) is 4.90 Å². The molecule has 0 radical (unpaired) electrons. The molecular formula is C21H22N2O4. The summed E-state index contributed by atoms with van der Waals surface area (Å²) in [7, 11) is 1.67. The fourth-order valence-electron chi connectivity index (χ4n) is 2.96. The second-order valence-electron chi connectivity index (χ2n) is 6.51. The molecule has 2 amide bonds. The molecule has 0 unspecified atom stereocenters. The van der Waals surface area contributed by atoms with Gasteiger partial charge in [0.25, 0.3) is 5.91 Å². The van der Waals surface area contributed by atoms with Crippen molar-refractivity contribution in [2.24, 2.45) is 0 Å². The van der Waals surface area contributed by atoms with Crippen LogP contribution in [-0.4, -0.2) is 42.9 Å². The van der Waals surface area contributed by atoms with Crippen LogP contribution in [-0.2, 0) is 20.9 Å². The van der Waals surface area contributed by atoms with Crippen molar-refractivity contribution in [3.63, 3.8) is 0 Å². The molecular weight excluding hydrogens is 344 g/mol. The fraction of sp³-hybridized carbons (Fsp3) is 0.286. The van der Waals surface area contributed by atoms with Gasteiger partial charge in [-0.2, -0.15) is 0 Å². The first-order chi connectivity index (χ1) is 13.0. The summed E-state index contributed by atoms with van der Waals surface area (Å²) < 4.78 is 5.12. The van der Waals surface area contributed by atoms with Crippen molar-refractivity contribution in [2.45, 2.75) is 19.4 Å². The summed E-state index contributed by atoms with van der Waals surface area (Å²) in [5.74, 6) is -0.736. The molecule has 0 N–H and O–H groups in total. The number of carbonyl (C=O) groups is 3. The molecule has 1 heterocycles. The Morgan fingerprint density at radius 3 is 2.41 bits per heavy atom. The van der Waals surface area contributed by atoms with Crippen molar-refractivity contribution in [1.29, 1.82) is 0 Å². The zero-order valence-corrected chi connectivity index (χ0v) is 15.3. The number of hydrogen-bond acceptors (Lipinski definition) is 4. The largest absolute Gasteiger partial charge is 0.452 e. The summed E-state index contributed by atoms with van der Waals surface area (Å²) in [6.45, 7) is 0.842. The minimum absolute atomic E-state index is 0.0948. The van der Waals surface area contributed by atoms with Gasteiger partial charge in [0.1, 0.15) is 0 Å². The summed E-state index contributed by atoms with van der Waals surface area (Å²) in [5, 5.41) is 0. The summed E-state index contributed by atoms with van der Waals surface area (Å²) >= 11 is 0. The molecule has 0 aromatic heterocycles. The minimum atomic E-state index is -0.559. The molecule has 1 saturated heterocycles. The summed E-state index contributed by atoms with van der Waals surface area (Å²) in [4.78, 5) is 39.3. The summed E-state index contributed by atoms with van der Waals surface area (Å²) in [6, 6.07) is 16.3. The number of anilines is 1. The first kappa shape index (κ1) is 18.6. The Balaban J connectivity index is 1.51. The molecule has 2 aromatic rings. The maximum Gasteiger partial charge on any atom is 0.338 e. The smallest absolute Gasteiger partial charge is 0.338 e. The molecule has 0 saturated carbocycles. The molecule has 0 atom stereocenters. The van der Waals surface area contributed by atoms with E-state index in [4.69, 9.17) is 4.74 Å². The highest BCUT2D eigenvalue weighted by Crippen LogP contribution is 2.21. The Morgan fingerprint density at radius 1 is 1.07 bits per heavy atom. The zero-order valence-electron chi connectivity index (χ0n) is 15.3. The number of benzene rings is 2. The summed E-state index contributed by atoms with van der Waals surface area (Å²) in [6.07, 6.45) is 1.41. The van der Waals surface area contributed by atoms with Crippen molar-refractivity contribution < 1.29 is 19.1 Å². The van der Waals surface area contributed by atoms with Crippen molar-refractivity contribution in [3.05, 3.63) is 65.7 Å². The van der Waals surface area contributed by atoms with Crippen LogP contribution in [0.15, 0.2) is 54.6 Å². The van der Waals surface area contributed by atoms with Gasteiger partial charge in [-0.3, -0.25) is 9.59 Å². The standard InChI is InChI=1S/C21H22N2O4/c1-22(14-16-6-3-2-4-7-16)20(25)15-27-21(26)17-9-11-18(12-10-17)23-13-5-8-19(23)24/h2-4,6-7,9-12H,5,8,13-15H2,1H3. The highest BCUT2D eigenvalue weighted by Gasteiger charge is 2.22. The van der Waals surface area contributed by atoms with Gasteiger partial charge in [0, 0.05) is 32.2 Å². The summed E-state index contributed by atoms with van der Waals surface area (Å²) in [5.41, 5.74) is 2.13.